The van der Waals surface area contributed by atoms with Gasteiger partial charge in [-0.2, -0.15) is 0 Å². The van der Waals surface area contributed by atoms with Gasteiger partial charge in [0.05, 0.1) is 12.3 Å². The van der Waals surface area contributed by atoms with Crippen molar-refractivity contribution >= 4 is 16.0 Å². The highest BCUT2D eigenvalue weighted by atomic mass is 32.2. The van der Waals surface area contributed by atoms with Crippen molar-refractivity contribution in [2.45, 2.75) is 12.7 Å². The van der Waals surface area contributed by atoms with Crippen molar-refractivity contribution in [2.75, 3.05) is 13.6 Å². The fourth-order valence-corrected chi connectivity index (χ4v) is 2.25. The highest BCUT2D eigenvalue weighted by molar-refractivity contribution is 7.99. The largest absolute Gasteiger partial charge is 0.323 e. The summed E-state index contributed by atoms with van der Waals surface area (Å²) < 4.78 is 11.8. The van der Waals surface area contributed by atoms with Crippen LogP contribution in [0.25, 0.3) is 0 Å². The van der Waals surface area contributed by atoms with E-state index in [1.807, 2.05) is 30.3 Å². The zero-order valence-electron chi connectivity index (χ0n) is 9.97. The molecular formula is C13H15NO2S. The Balaban J connectivity index is 2.58. The van der Waals surface area contributed by atoms with Crippen LogP contribution < -0.4 is 0 Å². The Labute approximate surface area is 104 Å². The van der Waals surface area contributed by atoms with Crippen molar-refractivity contribution in [2.24, 2.45) is 0 Å². The number of hydrogen-bond acceptors (Lipinski definition) is 2. The van der Waals surface area contributed by atoms with Gasteiger partial charge < -0.3 is 4.90 Å². The number of carbonyl (C=O) groups is 1. The Morgan fingerprint density at radius 2 is 2.00 bits per heavy atom. The Kier molecular flexibility index (Phi) is 5.44. The van der Waals surface area contributed by atoms with E-state index in [-0.39, 0.29) is 11.0 Å². The summed E-state index contributed by atoms with van der Waals surface area (Å²) in [5.74, 6) is 5.72. The second-order valence-corrected chi connectivity index (χ2v) is 4.85. The lowest BCUT2D eigenvalue weighted by Gasteiger charge is -2.12. The summed E-state index contributed by atoms with van der Waals surface area (Å²) in [6.07, 6.45) is 0. The highest BCUT2D eigenvalue weighted by Crippen LogP contribution is 2.05. The van der Waals surface area contributed by atoms with Gasteiger partial charge >= 0.3 is 5.24 Å². The second-order valence-electron chi connectivity index (χ2n) is 3.52. The summed E-state index contributed by atoms with van der Waals surface area (Å²) in [6, 6.07) is 9.33. The van der Waals surface area contributed by atoms with Gasteiger partial charge in [-0.05, 0) is 12.5 Å². The molecule has 0 aliphatic rings. The quantitative estimate of drug-likeness (QED) is 0.768. The summed E-state index contributed by atoms with van der Waals surface area (Å²) in [7, 11) is 0.0767. The predicted octanol–water partition coefficient (Wildman–Crippen LogP) is 2.01. The van der Waals surface area contributed by atoms with E-state index >= 15 is 0 Å². The molecule has 0 fully saturated rings. The SMILES string of the molecule is CC#CCN(C)C(=O)S(=O)Cc1ccccc1. The number of carbonyl (C=O) groups excluding carboxylic acids is 1. The molecule has 1 rings (SSSR count). The number of hydrogen-bond donors (Lipinski definition) is 0. The lowest BCUT2D eigenvalue weighted by atomic mass is 10.2. The molecule has 0 saturated heterocycles. The molecule has 1 unspecified atom stereocenters. The molecule has 4 heteroatoms. The number of nitrogens with zero attached hydrogens (tertiary/aromatic N) is 1. The van der Waals surface area contributed by atoms with Crippen LogP contribution in [0.3, 0.4) is 0 Å². The van der Waals surface area contributed by atoms with Gasteiger partial charge in [-0.3, -0.25) is 4.79 Å². The van der Waals surface area contributed by atoms with Crippen LogP contribution in [0.2, 0.25) is 0 Å². The van der Waals surface area contributed by atoms with Gasteiger partial charge in [0.25, 0.3) is 0 Å². The van der Waals surface area contributed by atoms with Gasteiger partial charge in [-0.25, -0.2) is 4.21 Å². The zero-order chi connectivity index (χ0) is 12.7. The highest BCUT2D eigenvalue weighted by Gasteiger charge is 2.16. The molecule has 0 aromatic heterocycles. The third-order valence-electron chi connectivity index (χ3n) is 2.14. The van der Waals surface area contributed by atoms with Crippen LogP contribution in [-0.4, -0.2) is 27.9 Å². The monoisotopic (exact) mass is 249 g/mol. The maximum absolute atomic E-state index is 11.8. The molecule has 1 atom stereocenters. The van der Waals surface area contributed by atoms with Crippen molar-refractivity contribution in [3.8, 4) is 11.8 Å². The molecule has 1 amide bonds. The lowest BCUT2D eigenvalue weighted by molar-refractivity contribution is 0.237. The minimum atomic E-state index is -1.53. The Morgan fingerprint density at radius 1 is 1.35 bits per heavy atom. The van der Waals surface area contributed by atoms with Crippen LogP contribution >= 0.6 is 0 Å². The van der Waals surface area contributed by atoms with E-state index in [0.29, 0.717) is 6.54 Å². The summed E-state index contributed by atoms with van der Waals surface area (Å²) in [4.78, 5) is 13.1. The van der Waals surface area contributed by atoms with Gasteiger partial charge in [0.2, 0.25) is 0 Å². The fourth-order valence-electron chi connectivity index (χ4n) is 1.22. The first-order valence-corrected chi connectivity index (χ1v) is 6.54. The molecule has 17 heavy (non-hydrogen) atoms. The predicted molar refractivity (Wildman–Crippen MR) is 69.8 cm³/mol. The molecule has 0 aliphatic heterocycles. The molecule has 0 radical (unpaired) electrons. The maximum Gasteiger partial charge on any atom is 0.312 e. The van der Waals surface area contributed by atoms with E-state index < -0.39 is 10.8 Å². The van der Waals surface area contributed by atoms with Crippen LogP contribution in [0.1, 0.15) is 12.5 Å². The minimum absolute atomic E-state index is 0.254. The lowest BCUT2D eigenvalue weighted by Crippen LogP contribution is -2.29. The first-order valence-electron chi connectivity index (χ1n) is 5.22. The standard InChI is InChI=1S/C13H15NO2S/c1-3-4-10-14(2)13(15)17(16)11-12-8-6-5-7-9-12/h5-9H,10-11H2,1-2H3. The summed E-state index contributed by atoms with van der Waals surface area (Å²) in [5, 5.41) is -0.378. The van der Waals surface area contributed by atoms with Crippen molar-refractivity contribution in [1.29, 1.82) is 0 Å². The van der Waals surface area contributed by atoms with Gasteiger partial charge in [0, 0.05) is 7.05 Å². The number of benzene rings is 1. The Bertz CT molecular complexity index is 459. The first kappa shape index (κ1) is 13.5. The average molecular weight is 249 g/mol. The van der Waals surface area contributed by atoms with E-state index in [1.165, 1.54) is 4.90 Å². The van der Waals surface area contributed by atoms with E-state index in [2.05, 4.69) is 11.8 Å². The topological polar surface area (TPSA) is 37.4 Å². The van der Waals surface area contributed by atoms with Crippen molar-refractivity contribution in [3.05, 3.63) is 35.9 Å². The van der Waals surface area contributed by atoms with Crippen molar-refractivity contribution in [3.63, 3.8) is 0 Å². The third-order valence-corrected chi connectivity index (χ3v) is 3.44. The molecule has 1 aromatic carbocycles. The van der Waals surface area contributed by atoms with E-state index in [4.69, 9.17) is 0 Å². The van der Waals surface area contributed by atoms with Gasteiger partial charge in [0.1, 0.15) is 10.8 Å². The normalized spacial score (nSPS) is 11.2. The van der Waals surface area contributed by atoms with E-state index in [0.717, 1.165) is 5.56 Å². The molecule has 0 saturated carbocycles. The summed E-state index contributed by atoms with van der Waals surface area (Å²) >= 11 is 0. The molecular weight excluding hydrogens is 234 g/mol. The molecule has 0 heterocycles. The maximum atomic E-state index is 11.8. The third kappa shape index (κ3) is 4.41. The molecule has 0 aliphatic carbocycles. The Hall–Kier alpha value is -1.60. The van der Waals surface area contributed by atoms with Crippen LogP contribution in [-0.2, 0) is 16.6 Å². The smallest absolute Gasteiger partial charge is 0.312 e. The van der Waals surface area contributed by atoms with E-state index in [9.17, 15) is 9.00 Å². The summed E-state index contributed by atoms with van der Waals surface area (Å²) in [5.41, 5.74) is 0.897. The molecule has 0 bridgehead atoms. The van der Waals surface area contributed by atoms with Crippen LogP contribution in [0.5, 0.6) is 0 Å². The van der Waals surface area contributed by atoms with E-state index in [1.54, 1.807) is 14.0 Å². The molecule has 0 spiro atoms. The minimum Gasteiger partial charge on any atom is -0.323 e. The van der Waals surface area contributed by atoms with Gasteiger partial charge in [-0.15, -0.1) is 5.92 Å². The second kappa shape index (κ2) is 6.87. The number of rotatable bonds is 3. The zero-order valence-corrected chi connectivity index (χ0v) is 10.8. The van der Waals surface area contributed by atoms with Crippen molar-refractivity contribution < 1.29 is 9.00 Å². The first-order chi connectivity index (χ1) is 8.15. The van der Waals surface area contributed by atoms with Crippen LogP contribution in [0.4, 0.5) is 4.79 Å². The van der Waals surface area contributed by atoms with Crippen LogP contribution in [0, 0.1) is 11.8 Å². The van der Waals surface area contributed by atoms with Crippen molar-refractivity contribution in [1.82, 2.24) is 4.90 Å². The molecule has 0 N–H and O–H groups in total. The molecule has 3 nitrogen and oxygen atoms in total. The fraction of sp³-hybridized carbons (Fsp3) is 0.308. The summed E-state index contributed by atoms with van der Waals surface area (Å²) in [6.45, 7) is 2.02. The average Bonchev–Trinajstić information content (AvgIpc) is 2.36. The van der Waals surface area contributed by atoms with Gasteiger partial charge in [0.15, 0.2) is 0 Å². The number of amides is 1. The molecule has 90 valence electrons. The van der Waals surface area contributed by atoms with Crippen LogP contribution in [0.15, 0.2) is 30.3 Å². The van der Waals surface area contributed by atoms with Gasteiger partial charge in [-0.1, -0.05) is 36.3 Å². The Morgan fingerprint density at radius 3 is 2.59 bits per heavy atom. The molecule has 1 aromatic rings.